The monoisotopic (exact) mass is 436 g/mol. The third-order valence-electron chi connectivity index (χ3n) is 3.01. The molecule has 0 aliphatic heterocycles. The number of hydrogen-bond donors (Lipinski definition) is 1. The van der Waals surface area contributed by atoms with Crippen molar-refractivity contribution in [3.05, 3.63) is 36.9 Å². The number of thiophene rings is 1. The molecule has 1 N–H and O–H groups in total. The highest BCUT2D eigenvalue weighted by molar-refractivity contribution is 9.12. The lowest BCUT2D eigenvalue weighted by atomic mass is 10.0. The number of benzene rings is 1. The SMILES string of the molecule is COc1ccc(C(O)c2cc(Br)sc2Br)c(OC)c1OC. The van der Waals surface area contributed by atoms with E-state index in [0.29, 0.717) is 22.8 Å². The molecule has 2 aromatic rings. The maximum absolute atomic E-state index is 10.7. The van der Waals surface area contributed by atoms with Crippen LogP contribution < -0.4 is 14.2 Å². The molecule has 0 aliphatic rings. The Labute approximate surface area is 143 Å². The van der Waals surface area contributed by atoms with E-state index in [2.05, 4.69) is 31.9 Å². The van der Waals surface area contributed by atoms with Gasteiger partial charge in [0.1, 0.15) is 6.10 Å². The van der Waals surface area contributed by atoms with Crippen molar-refractivity contribution in [2.75, 3.05) is 21.3 Å². The van der Waals surface area contributed by atoms with E-state index in [-0.39, 0.29) is 0 Å². The summed E-state index contributed by atoms with van der Waals surface area (Å²) in [6.45, 7) is 0. The second-order valence-electron chi connectivity index (χ2n) is 4.11. The molecule has 4 nitrogen and oxygen atoms in total. The average Bonchev–Trinajstić information content (AvgIpc) is 2.83. The summed E-state index contributed by atoms with van der Waals surface area (Å²) in [4.78, 5) is 0. The van der Waals surface area contributed by atoms with Crippen molar-refractivity contribution in [1.82, 2.24) is 0 Å². The zero-order chi connectivity index (χ0) is 15.6. The van der Waals surface area contributed by atoms with Crippen molar-refractivity contribution in [3.63, 3.8) is 0 Å². The number of rotatable bonds is 5. The second-order valence-corrected chi connectivity index (χ2v) is 7.85. The number of ether oxygens (including phenoxy) is 3. The molecule has 0 aliphatic carbocycles. The van der Waals surface area contributed by atoms with Crippen molar-refractivity contribution in [2.45, 2.75) is 6.10 Å². The Balaban J connectivity index is 2.55. The summed E-state index contributed by atoms with van der Waals surface area (Å²) >= 11 is 8.37. The van der Waals surface area contributed by atoms with E-state index in [4.69, 9.17) is 14.2 Å². The molecule has 1 aromatic carbocycles. The van der Waals surface area contributed by atoms with Gasteiger partial charge in [-0.25, -0.2) is 0 Å². The zero-order valence-electron chi connectivity index (χ0n) is 11.6. The molecule has 1 aromatic heterocycles. The summed E-state index contributed by atoms with van der Waals surface area (Å²) in [6.07, 6.45) is -0.836. The summed E-state index contributed by atoms with van der Waals surface area (Å²) < 4.78 is 17.8. The van der Waals surface area contributed by atoms with E-state index in [1.165, 1.54) is 25.6 Å². The minimum atomic E-state index is -0.836. The van der Waals surface area contributed by atoms with Crippen molar-refractivity contribution in [1.29, 1.82) is 0 Å². The Morgan fingerprint density at radius 2 is 1.67 bits per heavy atom. The Morgan fingerprint density at radius 3 is 2.14 bits per heavy atom. The topological polar surface area (TPSA) is 47.9 Å². The van der Waals surface area contributed by atoms with Gasteiger partial charge in [-0.2, -0.15) is 0 Å². The Bertz CT molecular complexity index is 642. The standard InChI is InChI=1S/C14H14Br2O4S/c1-18-9-5-4-7(12(19-2)13(9)20-3)11(17)8-6-10(15)21-14(8)16/h4-6,11,17H,1-3H3. The fourth-order valence-corrected chi connectivity index (χ4v) is 4.93. The predicted molar refractivity (Wildman–Crippen MR) is 89.9 cm³/mol. The lowest BCUT2D eigenvalue weighted by Crippen LogP contribution is -2.04. The number of aliphatic hydroxyl groups is 1. The van der Waals surface area contributed by atoms with Gasteiger partial charge in [-0.15, -0.1) is 11.3 Å². The van der Waals surface area contributed by atoms with Crippen LogP contribution in [0.15, 0.2) is 25.8 Å². The lowest BCUT2D eigenvalue weighted by molar-refractivity contribution is 0.212. The van der Waals surface area contributed by atoms with Crippen LogP contribution >= 0.6 is 43.2 Å². The average molecular weight is 438 g/mol. The molecular formula is C14H14Br2O4S. The quantitative estimate of drug-likeness (QED) is 0.753. The lowest BCUT2D eigenvalue weighted by Gasteiger charge is -2.19. The number of hydrogen-bond acceptors (Lipinski definition) is 5. The number of halogens is 2. The predicted octanol–water partition coefficient (Wildman–Crippen LogP) is 4.38. The molecule has 0 radical (unpaired) electrons. The zero-order valence-corrected chi connectivity index (χ0v) is 15.6. The Kier molecular flexibility index (Phi) is 5.54. The molecule has 0 saturated carbocycles. The highest BCUT2D eigenvalue weighted by Crippen LogP contribution is 2.45. The Morgan fingerprint density at radius 1 is 1.00 bits per heavy atom. The van der Waals surface area contributed by atoms with Crippen molar-refractivity contribution in [2.24, 2.45) is 0 Å². The number of methoxy groups -OCH3 is 3. The van der Waals surface area contributed by atoms with Crippen LogP contribution in [0.25, 0.3) is 0 Å². The van der Waals surface area contributed by atoms with Crippen molar-refractivity contribution in [3.8, 4) is 17.2 Å². The van der Waals surface area contributed by atoms with E-state index in [0.717, 1.165) is 13.1 Å². The van der Waals surface area contributed by atoms with E-state index in [1.807, 2.05) is 6.07 Å². The normalized spacial score (nSPS) is 12.1. The van der Waals surface area contributed by atoms with Gasteiger partial charge in [0.15, 0.2) is 11.5 Å². The van der Waals surface area contributed by atoms with Gasteiger partial charge >= 0.3 is 0 Å². The highest BCUT2D eigenvalue weighted by Gasteiger charge is 2.24. The molecule has 1 atom stereocenters. The smallest absolute Gasteiger partial charge is 0.203 e. The molecule has 2 rings (SSSR count). The number of aliphatic hydroxyl groups excluding tert-OH is 1. The van der Waals surface area contributed by atoms with E-state index >= 15 is 0 Å². The van der Waals surface area contributed by atoms with Crippen LogP contribution in [-0.4, -0.2) is 26.4 Å². The molecule has 1 heterocycles. The van der Waals surface area contributed by atoms with Gasteiger partial charge in [0.2, 0.25) is 5.75 Å². The van der Waals surface area contributed by atoms with Crippen LogP contribution in [0.1, 0.15) is 17.2 Å². The largest absolute Gasteiger partial charge is 0.493 e. The molecule has 1 unspecified atom stereocenters. The molecule has 0 spiro atoms. The summed E-state index contributed by atoms with van der Waals surface area (Å²) in [5.41, 5.74) is 1.37. The summed E-state index contributed by atoms with van der Waals surface area (Å²) in [5.74, 6) is 1.47. The van der Waals surface area contributed by atoms with Gasteiger partial charge in [-0.3, -0.25) is 0 Å². The van der Waals surface area contributed by atoms with Gasteiger partial charge in [0, 0.05) is 11.1 Å². The summed E-state index contributed by atoms with van der Waals surface area (Å²) in [7, 11) is 4.62. The van der Waals surface area contributed by atoms with Gasteiger partial charge in [-0.05, 0) is 50.1 Å². The van der Waals surface area contributed by atoms with Gasteiger partial charge < -0.3 is 19.3 Å². The summed E-state index contributed by atoms with van der Waals surface area (Å²) in [6, 6.07) is 5.38. The van der Waals surface area contributed by atoms with Gasteiger partial charge in [0.25, 0.3) is 0 Å². The van der Waals surface area contributed by atoms with Crippen LogP contribution in [0.3, 0.4) is 0 Å². The van der Waals surface area contributed by atoms with Crippen molar-refractivity contribution >= 4 is 43.2 Å². The molecule has 0 bridgehead atoms. The molecule has 0 fully saturated rings. The fraction of sp³-hybridized carbons (Fsp3) is 0.286. The van der Waals surface area contributed by atoms with E-state index in [9.17, 15) is 5.11 Å². The molecule has 114 valence electrons. The van der Waals surface area contributed by atoms with Crippen LogP contribution in [0, 0.1) is 0 Å². The first-order valence-electron chi connectivity index (χ1n) is 5.95. The molecule has 0 saturated heterocycles. The first-order chi connectivity index (χ1) is 10.0. The third kappa shape index (κ3) is 3.21. The maximum atomic E-state index is 10.7. The van der Waals surface area contributed by atoms with E-state index in [1.54, 1.807) is 19.2 Å². The first kappa shape index (κ1) is 16.6. The van der Waals surface area contributed by atoms with E-state index < -0.39 is 6.10 Å². The maximum Gasteiger partial charge on any atom is 0.203 e. The molecule has 21 heavy (non-hydrogen) atoms. The molecular weight excluding hydrogens is 424 g/mol. The van der Waals surface area contributed by atoms with Crippen LogP contribution in [0.5, 0.6) is 17.2 Å². The summed E-state index contributed by atoms with van der Waals surface area (Å²) in [5, 5.41) is 10.7. The Hall–Kier alpha value is -0.760. The van der Waals surface area contributed by atoms with Gasteiger partial charge in [0.05, 0.1) is 28.9 Å². The molecule has 7 heteroatoms. The van der Waals surface area contributed by atoms with Crippen LogP contribution in [-0.2, 0) is 0 Å². The van der Waals surface area contributed by atoms with Crippen molar-refractivity contribution < 1.29 is 19.3 Å². The minimum absolute atomic E-state index is 0.457. The highest BCUT2D eigenvalue weighted by atomic mass is 79.9. The first-order valence-corrected chi connectivity index (χ1v) is 8.35. The van der Waals surface area contributed by atoms with Gasteiger partial charge in [-0.1, -0.05) is 0 Å². The molecule has 0 amide bonds. The minimum Gasteiger partial charge on any atom is -0.493 e. The third-order valence-corrected chi connectivity index (χ3v) is 5.39. The fourth-order valence-electron chi connectivity index (χ4n) is 2.05. The van der Waals surface area contributed by atoms with Crippen LogP contribution in [0.2, 0.25) is 0 Å². The van der Waals surface area contributed by atoms with Crippen LogP contribution in [0.4, 0.5) is 0 Å². The second kappa shape index (κ2) is 7.00.